The lowest BCUT2D eigenvalue weighted by atomic mass is 9.95. The first kappa shape index (κ1) is 24.2. The van der Waals surface area contributed by atoms with Gasteiger partial charge in [-0.3, -0.25) is 9.59 Å². The van der Waals surface area contributed by atoms with Gasteiger partial charge in [0.1, 0.15) is 11.9 Å². The van der Waals surface area contributed by atoms with Crippen molar-refractivity contribution in [3.05, 3.63) is 70.5 Å². The molecule has 1 aliphatic carbocycles. The predicted octanol–water partition coefficient (Wildman–Crippen LogP) is 5.32. The molecule has 0 bridgehead atoms. The van der Waals surface area contributed by atoms with E-state index in [1.54, 1.807) is 11.0 Å². The van der Waals surface area contributed by atoms with Crippen LogP contribution in [0.3, 0.4) is 0 Å². The zero-order chi connectivity index (χ0) is 22.9. The molecule has 1 atom stereocenters. The molecule has 0 heterocycles. The van der Waals surface area contributed by atoms with Gasteiger partial charge in [0, 0.05) is 23.2 Å². The van der Waals surface area contributed by atoms with Crippen LogP contribution in [-0.4, -0.2) is 35.3 Å². The zero-order valence-corrected chi connectivity index (χ0v) is 19.4. The zero-order valence-electron chi connectivity index (χ0n) is 18.7. The van der Waals surface area contributed by atoms with Crippen LogP contribution >= 0.6 is 11.6 Å². The predicted molar refractivity (Wildman–Crippen MR) is 126 cm³/mol. The van der Waals surface area contributed by atoms with Crippen molar-refractivity contribution in [3.63, 3.8) is 0 Å². The Balaban J connectivity index is 1.78. The molecule has 1 fully saturated rings. The van der Waals surface area contributed by atoms with Gasteiger partial charge in [0.05, 0.1) is 6.42 Å². The third-order valence-corrected chi connectivity index (χ3v) is 6.57. The molecule has 32 heavy (non-hydrogen) atoms. The average molecular weight is 459 g/mol. The van der Waals surface area contributed by atoms with E-state index in [9.17, 15) is 14.0 Å². The van der Waals surface area contributed by atoms with Crippen LogP contribution in [0.4, 0.5) is 4.39 Å². The molecule has 2 amide bonds. The van der Waals surface area contributed by atoms with Gasteiger partial charge in [-0.25, -0.2) is 4.39 Å². The van der Waals surface area contributed by atoms with Gasteiger partial charge in [-0.2, -0.15) is 0 Å². The second-order valence-electron chi connectivity index (χ2n) is 8.47. The molecule has 1 unspecified atom stereocenters. The molecular weight excluding hydrogens is 427 g/mol. The fourth-order valence-corrected chi connectivity index (χ4v) is 4.62. The summed E-state index contributed by atoms with van der Waals surface area (Å²) in [6, 6.07) is 13.8. The Bertz CT molecular complexity index is 880. The van der Waals surface area contributed by atoms with Gasteiger partial charge >= 0.3 is 0 Å². The van der Waals surface area contributed by atoms with Crippen LogP contribution < -0.4 is 5.32 Å². The Morgan fingerprint density at radius 1 is 1.09 bits per heavy atom. The summed E-state index contributed by atoms with van der Waals surface area (Å²) in [5.41, 5.74) is 1.25. The number of hydrogen-bond acceptors (Lipinski definition) is 2. The summed E-state index contributed by atoms with van der Waals surface area (Å²) >= 11 is 6.17. The van der Waals surface area contributed by atoms with Crippen molar-refractivity contribution in [1.29, 1.82) is 0 Å². The summed E-state index contributed by atoms with van der Waals surface area (Å²) < 4.78 is 14.3. The highest BCUT2D eigenvalue weighted by Crippen LogP contribution is 2.22. The SMILES string of the molecule is CCC(C(=O)NC1CCCCC1)N(CCc1ccccc1)C(=O)Cc1c(F)cccc1Cl. The number of nitrogens with zero attached hydrogens (tertiary/aromatic N) is 1. The van der Waals surface area contributed by atoms with Gasteiger partial charge in [0.15, 0.2) is 0 Å². The summed E-state index contributed by atoms with van der Waals surface area (Å²) in [6.07, 6.45) is 6.32. The molecule has 2 aromatic carbocycles. The smallest absolute Gasteiger partial charge is 0.243 e. The second-order valence-corrected chi connectivity index (χ2v) is 8.87. The molecule has 1 aliphatic rings. The van der Waals surface area contributed by atoms with Crippen LogP contribution in [-0.2, 0) is 22.4 Å². The highest BCUT2D eigenvalue weighted by Gasteiger charge is 2.30. The maximum absolute atomic E-state index is 14.3. The molecular formula is C26H32ClFN2O2. The Labute approximate surface area is 195 Å². The number of rotatable bonds is 9. The summed E-state index contributed by atoms with van der Waals surface area (Å²) in [6.45, 7) is 2.29. The second kappa shape index (κ2) is 12.0. The molecule has 0 radical (unpaired) electrons. The van der Waals surface area contributed by atoms with Crippen molar-refractivity contribution in [2.75, 3.05) is 6.54 Å². The van der Waals surface area contributed by atoms with E-state index in [1.165, 1.54) is 18.6 Å². The van der Waals surface area contributed by atoms with E-state index in [4.69, 9.17) is 11.6 Å². The van der Waals surface area contributed by atoms with Gasteiger partial charge in [-0.1, -0.05) is 74.2 Å². The van der Waals surface area contributed by atoms with Crippen molar-refractivity contribution in [1.82, 2.24) is 10.2 Å². The van der Waals surface area contributed by atoms with Gasteiger partial charge in [0.2, 0.25) is 11.8 Å². The van der Waals surface area contributed by atoms with Crippen molar-refractivity contribution in [2.24, 2.45) is 0 Å². The standard InChI is InChI=1S/C26H32ClFN2O2/c1-2-24(26(32)29-20-12-7-4-8-13-20)30(17-16-19-10-5-3-6-11-19)25(31)18-21-22(27)14-9-15-23(21)28/h3,5-6,9-11,14-15,20,24H,2,4,7-8,12-13,16-18H2,1H3,(H,29,32). The minimum Gasteiger partial charge on any atom is -0.352 e. The Morgan fingerprint density at radius 3 is 2.47 bits per heavy atom. The van der Waals surface area contributed by atoms with Crippen LogP contribution in [0.1, 0.15) is 56.6 Å². The van der Waals surface area contributed by atoms with Crippen LogP contribution in [0.25, 0.3) is 0 Å². The molecule has 0 saturated heterocycles. The third-order valence-electron chi connectivity index (χ3n) is 6.21. The molecule has 0 aromatic heterocycles. The van der Waals surface area contributed by atoms with E-state index in [0.717, 1.165) is 31.2 Å². The molecule has 0 spiro atoms. The van der Waals surface area contributed by atoms with Crippen LogP contribution in [0.15, 0.2) is 48.5 Å². The summed E-state index contributed by atoms with van der Waals surface area (Å²) in [5.74, 6) is -0.924. The monoisotopic (exact) mass is 458 g/mol. The molecule has 2 aromatic rings. The fraction of sp³-hybridized carbons (Fsp3) is 0.462. The minimum absolute atomic E-state index is 0.125. The third kappa shape index (κ3) is 6.55. The van der Waals surface area contributed by atoms with E-state index < -0.39 is 11.9 Å². The van der Waals surface area contributed by atoms with Crippen LogP contribution in [0.2, 0.25) is 5.02 Å². The lowest BCUT2D eigenvalue weighted by Crippen LogP contribution is -2.52. The first-order chi connectivity index (χ1) is 15.5. The first-order valence-electron chi connectivity index (χ1n) is 11.6. The topological polar surface area (TPSA) is 49.4 Å². The number of carbonyl (C=O) groups excluding carboxylic acids is 2. The van der Waals surface area contributed by atoms with Crippen LogP contribution in [0, 0.1) is 5.82 Å². The number of hydrogen-bond donors (Lipinski definition) is 1. The molecule has 1 N–H and O–H groups in total. The van der Waals surface area contributed by atoms with Gasteiger partial charge < -0.3 is 10.2 Å². The van der Waals surface area contributed by atoms with Gasteiger partial charge in [-0.15, -0.1) is 0 Å². The Hall–Kier alpha value is -2.40. The van der Waals surface area contributed by atoms with E-state index in [0.29, 0.717) is 19.4 Å². The molecule has 3 rings (SSSR count). The molecule has 6 heteroatoms. The number of benzene rings is 2. The Morgan fingerprint density at radius 2 is 1.81 bits per heavy atom. The first-order valence-corrected chi connectivity index (χ1v) is 11.9. The summed E-state index contributed by atoms with van der Waals surface area (Å²) in [4.78, 5) is 28.1. The number of nitrogens with one attached hydrogen (secondary N) is 1. The normalized spacial score (nSPS) is 15.2. The number of halogens is 2. The van der Waals surface area contributed by atoms with E-state index in [2.05, 4.69) is 5.32 Å². The van der Waals surface area contributed by atoms with E-state index in [1.807, 2.05) is 37.3 Å². The minimum atomic E-state index is -0.598. The fourth-order valence-electron chi connectivity index (χ4n) is 4.39. The van der Waals surface area contributed by atoms with E-state index in [-0.39, 0.29) is 34.9 Å². The average Bonchev–Trinajstić information content (AvgIpc) is 2.80. The van der Waals surface area contributed by atoms with Gasteiger partial charge in [-0.05, 0) is 43.4 Å². The van der Waals surface area contributed by atoms with Crippen LogP contribution in [0.5, 0.6) is 0 Å². The molecule has 172 valence electrons. The van der Waals surface area contributed by atoms with Crippen molar-refractivity contribution in [3.8, 4) is 0 Å². The lowest BCUT2D eigenvalue weighted by molar-refractivity contribution is -0.140. The van der Waals surface area contributed by atoms with Gasteiger partial charge in [0.25, 0.3) is 0 Å². The van der Waals surface area contributed by atoms with Crippen molar-refractivity contribution in [2.45, 2.75) is 70.4 Å². The number of amides is 2. The number of carbonyl (C=O) groups is 2. The summed E-state index contributed by atoms with van der Waals surface area (Å²) in [7, 11) is 0. The maximum Gasteiger partial charge on any atom is 0.243 e. The lowest BCUT2D eigenvalue weighted by Gasteiger charge is -2.33. The highest BCUT2D eigenvalue weighted by atomic mass is 35.5. The highest BCUT2D eigenvalue weighted by molar-refractivity contribution is 6.31. The van der Waals surface area contributed by atoms with Crippen molar-refractivity contribution >= 4 is 23.4 Å². The summed E-state index contributed by atoms with van der Waals surface area (Å²) in [5, 5.41) is 3.38. The molecule has 4 nitrogen and oxygen atoms in total. The molecule has 1 saturated carbocycles. The molecule has 0 aliphatic heterocycles. The van der Waals surface area contributed by atoms with E-state index >= 15 is 0 Å². The Kier molecular flexibility index (Phi) is 9.10. The quantitative estimate of drug-likeness (QED) is 0.552. The van der Waals surface area contributed by atoms with Crippen molar-refractivity contribution < 1.29 is 14.0 Å². The largest absolute Gasteiger partial charge is 0.352 e. The maximum atomic E-state index is 14.3.